The minimum atomic E-state index is -1.07. The van der Waals surface area contributed by atoms with Crippen molar-refractivity contribution < 1.29 is 14.2 Å². The van der Waals surface area contributed by atoms with Crippen LogP contribution in [-0.4, -0.2) is 46.9 Å². The Bertz CT molecular complexity index is 1510. The minimum Gasteiger partial charge on any atom is -0.491 e. The van der Waals surface area contributed by atoms with Crippen molar-refractivity contribution in [1.29, 1.82) is 0 Å². The molecule has 0 aliphatic carbocycles. The van der Waals surface area contributed by atoms with Crippen LogP contribution in [0.15, 0.2) is 85.5 Å². The van der Waals surface area contributed by atoms with Gasteiger partial charge in [-0.15, -0.1) is 0 Å². The number of ether oxygens (including phenoxy) is 3. The van der Waals surface area contributed by atoms with E-state index < -0.39 is 5.79 Å². The van der Waals surface area contributed by atoms with Gasteiger partial charge in [0.2, 0.25) is 5.79 Å². The van der Waals surface area contributed by atoms with Gasteiger partial charge in [0.1, 0.15) is 18.5 Å². The maximum absolute atomic E-state index is 6.59. The standard InChI is InChI=1S/C32H30Cl3N3O3/c33-26-6-3-23(4-7-26)2-1-13-37-14-11-24-16-28(9-5-25(24)18-37)39-19-29-20-40-32(41-29,21-38-15-12-36-22-38)30-10-8-27(34)17-31(30)35/h1-10,12,15-17,22,29H,11,13-14,18-21H2/b2-1+/t29-,32-/m0/s1. The molecular formula is C32H30Cl3N3O3. The first-order valence-corrected chi connectivity index (χ1v) is 14.7. The fraction of sp³-hybridized carbons (Fsp3) is 0.281. The average molecular weight is 611 g/mol. The highest BCUT2D eigenvalue weighted by Gasteiger charge is 2.45. The summed E-state index contributed by atoms with van der Waals surface area (Å²) in [6.45, 7) is 3.94. The minimum absolute atomic E-state index is 0.274. The molecule has 0 N–H and O–H groups in total. The fourth-order valence-electron chi connectivity index (χ4n) is 5.31. The molecule has 0 bridgehead atoms. The highest BCUT2D eigenvalue weighted by atomic mass is 35.5. The number of nitrogens with zero attached hydrogens (tertiary/aromatic N) is 3. The van der Waals surface area contributed by atoms with Crippen LogP contribution in [0.1, 0.15) is 22.3 Å². The zero-order chi connectivity index (χ0) is 28.2. The molecule has 0 saturated carbocycles. The van der Waals surface area contributed by atoms with Crippen molar-refractivity contribution in [3.05, 3.63) is 123 Å². The zero-order valence-electron chi connectivity index (χ0n) is 22.4. The highest BCUT2D eigenvalue weighted by Crippen LogP contribution is 2.40. The summed E-state index contributed by atoms with van der Waals surface area (Å²) >= 11 is 18.7. The molecule has 6 rings (SSSR count). The van der Waals surface area contributed by atoms with Crippen LogP contribution in [0.2, 0.25) is 15.1 Å². The van der Waals surface area contributed by atoms with Crippen LogP contribution in [-0.2, 0) is 34.8 Å². The number of imidazole rings is 1. The third-order valence-corrected chi connectivity index (χ3v) is 8.20. The first-order valence-electron chi connectivity index (χ1n) is 13.6. The lowest BCUT2D eigenvalue weighted by atomic mass is 9.99. The van der Waals surface area contributed by atoms with E-state index in [2.05, 4.69) is 34.2 Å². The monoisotopic (exact) mass is 609 g/mol. The van der Waals surface area contributed by atoms with Crippen LogP contribution in [0.25, 0.3) is 6.08 Å². The maximum atomic E-state index is 6.59. The van der Waals surface area contributed by atoms with Crippen LogP contribution in [0.3, 0.4) is 0 Å². The molecule has 212 valence electrons. The van der Waals surface area contributed by atoms with Crippen molar-refractivity contribution in [3.8, 4) is 5.75 Å². The molecule has 2 aliphatic heterocycles. The van der Waals surface area contributed by atoms with Gasteiger partial charge in [0.25, 0.3) is 0 Å². The summed E-state index contributed by atoms with van der Waals surface area (Å²) in [5, 5.41) is 1.80. The maximum Gasteiger partial charge on any atom is 0.215 e. The number of hydrogen-bond acceptors (Lipinski definition) is 5. The third-order valence-electron chi connectivity index (χ3n) is 7.40. The van der Waals surface area contributed by atoms with Gasteiger partial charge in [-0.3, -0.25) is 4.90 Å². The summed E-state index contributed by atoms with van der Waals surface area (Å²) in [6.07, 6.45) is 10.4. The molecule has 3 heterocycles. The lowest BCUT2D eigenvalue weighted by molar-refractivity contribution is -0.189. The van der Waals surface area contributed by atoms with Gasteiger partial charge in [-0.1, -0.05) is 71.2 Å². The number of fused-ring (bicyclic) bond motifs is 1. The molecule has 2 aliphatic rings. The molecule has 41 heavy (non-hydrogen) atoms. The quantitative estimate of drug-likeness (QED) is 0.200. The normalized spacial score (nSPS) is 20.9. The Morgan fingerprint density at radius 1 is 1.00 bits per heavy atom. The SMILES string of the molecule is Clc1ccc(/C=C/CN2CCc3cc(OC[C@H]4CO[C@](Cn5ccnc5)(c5ccc(Cl)cc5Cl)O4)ccc3C2)cc1. The Balaban J connectivity index is 1.06. The van der Waals surface area contributed by atoms with Crippen LogP contribution >= 0.6 is 34.8 Å². The average Bonchev–Trinajstić information content (AvgIpc) is 3.63. The summed E-state index contributed by atoms with van der Waals surface area (Å²) in [5.41, 5.74) is 4.54. The van der Waals surface area contributed by atoms with Crippen molar-refractivity contribution >= 4 is 40.9 Å². The molecular weight excluding hydrogens is 581 g/mol. The Kier molecular flexibility index (Phi) is 8.68. The van der Waals surface area contributed by atoms with Gasteiger partial charge in [0.15, 0.2) is 0 Å². The molecule has 1 fully saturated rings. The molecule has 3 aromatic carbocycles. The third kappa shape index (κ3) is 6.81. The second-order valence-electron chi connectivity index (χ2n) is 10.3. The number of hydrogen-bond donors (Lipinski definition) is 0. The molecule has 0 unspecified atom stereocenters. The van der Waals surface area contributed by atoms with Gasteiger partial charge in [-0.25, -0.2) is 4.98 Å². The van der Waals surface area contributed by atoms with E-state index in [1.54, 1.807) is 24.7 Å². The predicted octanol–water partition coefficient (Wildman–Crippen LogP) is 7.26. The second-order valence-corrected chi connectivity index (χ2v) is 11.6. The van der Waals surface area contributed by atoms with Crippen molar-refractivity contribution in [3.63, 3.8) is 0 Å². The van der Waals surface area contributed by atoms with E-state index in [-0.39, 0.29) is 6.10 Å². The first kappa shape index (κ1) is 28.3. The van der Waals surface area contributed by atoms with Gasteiger partial charge in [0, 0.05) is 47.6 Å². The fourth-order valence-corrected chi connectivity index (χ4v) is 5.99. The summed E-state index contributed by atoms with van der Waals surface area (Å²) < 4.78 is 20.9. The van der Waals surface area contributed by atoms with E-state index in [4.69, 9.17) is 49.0 Å². The van der Waals surface area contributed by atoms with E-state index >= 15 is 0 Å². The van der Waals surface area contributed by atoms with E-state index in [0.29, 0.717) is 29.8 Å². The predicted molar refractivity (Wildman–Crippen MR) is 163 cm³/mol. The van der Waals surface area contributed by atoms with E-state index in [1.165, 1.54) is 11.1 Å². The van der Waals surface area contributed by atoms with Crippen LogP contribution in [0.5, 0.6) is 5.75 Å². The molecule has 9 heteroatoms. The van der Waals surface area contributed by atoms with Gasteiger partial charge < -0.3 is 18.8 Å². The smallest absolute Gasteiger partial charge is 0.215 e. The molecule has 1 aromatic heterocycles. The molecule has 1 saturated heterocycles. The van der Waals surface area contributed by atoms with Crippen LogP contribution in [0, 0.1) is 0 Å². The van der Waals surface area contributed by atoms with Gasteiger partial charge in [0.05, 0.1) is 24.5 Å². The van der Waals surface area contributed by atoms with Gasteiger partial charge in [-0.05, 0) is 59.5 Å². The van der Waals surface area contributed by atoms with Crippen molar-refractivity contribution in [2.24, 2.45) is 0 Å². The largest absolute Gasteiger partial charge is 0.491 e. The summed E-state index contributed by atoms with van der Waals surface area (Å²) in [4.78, 5) is 6.60. The molecule has 6 nitrogen and oxygen atoms in total. The van der Waals surface area contributed by atoms with E-state index in [9.17, 15) is 0 Å². The molecule has 0 spiro atoms. The van der Waals surface area contributed by atoms with E-state index in [0.717, 1.165) is 48.0 Å². The lowest BCUT2D eigenvalue weighted by Crippen LogP contribution is -2.34. The summed E-state index contributed by atoms with van der Waals surface area (Å²) in [5.74, 6) is -0.238. The van der Waals surface area contributed by atoms with Gasteiger partial charge in [-0.2, -0.15) is 0 Å². The second kappa shape index (κ2) is 12.6. The summed E-state index contributed by atoms with van der Waals surface area (Å²) in [6, 6.07) is 19.6. The van der Waals surface area contributed by atoms with Crippen LogP contribution < -0.4 is 4.74 Å². The van der Waals surface area contributed by atoms with E-state index in [1.807, 2.05) is 47.2 Å². The highest BCUT2D eigenvalue weighted by molar-refractivity contribution is 6.35. The van der Waals surface area contributed by atoms with Crippen molar-refractivity contribution in [1.82, 2.24) is 14.5 Å². The van der Waals surface area contributed by atoms with Gasteiger partial charge >= 0.3 is 0 Å². The molecule has 4 aromatic rings. The van der Waals surface area contributed by atoms with Crippen molar-refractivity contribution in [2.75, 3.05) is 26.3 Å². The van der Waals surface area contributed by atoms with Crippen LogP contribution in [0.4, 0.5) is 0 Å². The molecule has 0 radical (unpaired) electrons. The lowest BCUT2D eigenvalue weighted by Gasteiger charge is -2.30. The number of rotatable bonds is 9. The number of aromatic nitrogens is 2. The Morgan fingerprint density at radius 3 is 2.66 bits per heavy atom. The summed E-state index contributed by atoms with van der Waals surface area (Å²) in [7, 11) is 0. The number of halogens is 3. The molecule has 2 atom stereocenters. The first-order chi connectivity index (χ1) is 20.0. The zero-order valence-corrected chi connectivity index (χ0v) is 24.7. The van der Waals surface area contributed by atoms with Crippen molar-refractivity contribution in [2.45, 2.75) is 31.4 Å². The Labute approximate surface area is 255 Å². The Hall–Kier alpha value is -2.84. The Morgan fingerprint density at radius 2 is 1.85 bits per heavy atom. The number of benzene rings is 3. The topological polar surface area (TPSA) is 48.8 Å². The molecule has 0 amide bonds.